The lowest BCUT2D eigenvalue weighted by Crippen LogP contribution is -2.35. The summed E-state index contributed by atoms with van der Waals surface area (Å²) in [6.45, 7) is 1.39. The van der Waals surface area contributed by atoms with E-state index >= 15 is 0 Å². The highest BCUT2D eigenvalue weighted by atomic mass is 16.6. The number of rotatable bonds is 7. The van der Waals surface area contributed by atoms with Gasteiger partial charge in [0.15, 0.2) is 0 Å². The summed E-state index contributed by atoms with van der Waals surface area (Å²) in [5, 5.41) is 16.9. The lowest BCUT2D eigenvalue weighted by atomic mass is 10.5. The normalized spacial score (nSPS) is 14.6. The second-order valence-corrected chi connectivity index (χ2v) is 4.69. The van der Waals surface area contributed by atoms with Crippen molar-refractivity contribution < 1.29 is 9.72 Å². The van der Waals surface area contributed by atoms with Crippen molar-refractivity contribution in [2.75, 3.05) is 20.1 Å². The summed E-state index contributed by atoms with van der Waals surface area (Å²) in [6.07, 6.45) is 3.90. The molecule has 1 aliphatic carbocycles. The highest BCUT2D eigenvalue weighted by Gasteiger charge is 2.25. The van der Waals surface area contributed by atoms with Crippen molar-refractivity contribution in [3.05, 3.63) is 22.4 Å². The molecule has 0 radical (unpaired) electrons. The highest BCUT2D eigenvalue weighted by molar-refractivity contribution is 5.75. The molecule has 1 aromatic rings. The SMILES string of the molecule is CN(CCNC(=O)Cn1ccc([N+](=O)[O-])n1)C1CC1. The third-order valence-corrected chi connectivity index (χ3v) is 3.08. The molecule has 8 heteroatoms. The van der Waals surface area contributed by atoms with Crippen LogP contribution in [-0.4, -0.2) is 51.7 Å². The van der Waals surface area contributed by atoms with Crippen LogP contribution in [0.1, 0.15) is 12.8 Å². The maximum atomic E-state index is 11.6. The van der Waals surface area contributed by atoms with Crippen LogP contribution in [0.5, 0.6) is 0 Å². The van der Waals surface area contributed by atoms with Crippen molar-refractivity contribution in [1.29, 1.82) is 0 Å². The first-order valence-electron chi connectivity index (χ1n) is 6.21. The Morgan fingerprint density at radius 1 is 1.68 bits per heavy atom. The molecule has 1 saturated carbocycles. The molecule has 1 aliphatic rings. The molecule has 19 heavy (non-hydrogen) atoms. The minimum Gasteiger partial charge on any atom is -0.358 e. The van der Waals surface area contributed by atoms with Gasteiger partial charge in [0.05, 0.1) is 17.4 Å². The van der Waals surface area contributed by atoms with E-state index in [1.807, 2.05) is 7.05 Å². The first-order valence-corrected chi connectivity index (χ1v) is 6.21. The molecule has 0 unspecified atom stereocenters. The van der Waals surface area contributed by atoms with Crippen molar-refractivity contribution in [2.45, 2.75) is 25.4 Å². The second kappa shape index (κ2) is 5.79. The number of carbonyl (C=O) groups excluding carboxylic acids is 1. The Balaban J connectivity index is 1.69. The van der Waals surface area contributed by atoms with Gasteiger partial charge in [-0.2, -0.15) is 4.68 Å². The Bertz CT molecular complexity index is 469. The topological polar surface area (TPSA) is 93.3 Å². The summed E-state index contributed by atoms with van der Waals surface area (Å²) in [4.78, 5) is 23.7. The summed E-state index contributed by atoms with van der Waals surface area (Å²) in [5.74, 6) is -0.441. The van der Waals surface area contributed by atoms with E-state index in [-0.39, 0.29) is 18.3 Å². The van der Waals surface area contributed by atoms with Gasteiger partial charge < -0.3 is 20.3 Å². The summed E-state index contributed by atoms with van der Waals surface area (Å²) in [5.41, 5.74) is 0. The van der Waals surface area contributed by atoms with Gasteiger partial charge in [-0.3, -0.25) is 4.79 Å². The fraction of sp³-hybridized carbons (Fsp3) is 0.636. The molecule has 0 bridgehead atoms. The Morgan fingerprint density at radius 2 is 2.42 bits per heavy atom. The molecule has 0 atom stereocenters. The molecule has 1 fully saturated rings. The predicted octanol–water partition coefficient (Wildman–Crippen LogP) is 0.00170. The smallest absolute Gasteiger partial charge is 0.358 e. The van der Waals surface area contributed by atoms with Crippen LogP contribution in [0.3, 0.4) is 0 Å². The van der Waals surface area contributed by atoms with Gasteiger partial charge in [-0.25, -0.2) is 0 Å². The molecular formula is C11H17N5O3. The number of hydrogen-bond donors (Lipinski definition) is 1. The van der Waals surface area contributed by atoms with E-state index in [1.54, 1.807) is 0 Å². The molecule has 1 amide bonds. The van der Waals surface area contributed by atoms with Gasteiger partial charge in [0.1, 0.15) is 6.54 Å². The Labute approximate surface area is 110 Å². The molecule has 0 aliphatic heterocycles. The van der Waals surface area contributed by atoms with Crippen molar-refractivity contribution in [3.63, 3.8) is 0 Å². The molecule has 104 valence electrons. The van der Waals surface area contributed by atoms with Gasteiger partial charge in [0.2, 0.25) is 5.91 Å². The van der Waals surface area contributed by atoms with Crippen molar-refractivity contribution in [2.24, 2.45) is 0 Å². The van der Waals surface area contributed by atoms with Crippen molar-refractivity contribution in [3.8, 4) is 0 Å². The molecule has 1 heterocycles. The summed E-state index contributed by atoms with van der Waals surface area (Å²) >= 11 is 0. The van der Waals surface area contributed by atoms with Crippen LogP contribution >= 0.6 is 0 Å². The Morgan fingerprint density at radius 3 is 3.00 bits per heavy atom. The fourth-order valence-corrected chi connectivity index (χ4v) is 1.81. The molecule has 0 aromatic carbocycles. The van der Waals surface area contributed by atoms with E-state index in [0.29, 0.717) is 12.6 Å². The average molecular weight is 267 g/mol. The Kier molecular flexibility index (Phi) is 4.10. The molecular weight excluding hydrogens is 250 g/mol. The van der Waals surface area contributed by atoms with Crippen LogP contribution in [0.2, 0.25) is 0 Å². The number of nitrogens with one attached hydrogen (secondary N) is 1. The van der Waals surface area contributed by atoms with E-state index in [0.717, 1.165) is 6.54 Å². The third-order valence-electron chi connectivity index (χ3n) is 3.08. The summed E-state index contributed by atoms with van der Waals surface area (Å²) in [6, 6.07) is 1.94. The van der Waals surface area contributed by atoms with Gasteiger partial charge >= 0.3 is 5.82 Å². The van der Waals surface area contributed by atoms with E-state index in [2.05, 4.69) is 15.3 Å². The minimum atomic E-state index is -0.584. The lowest BCUT2D eigenvalue weighted by molar-refractivity contribution is -0.389. The van der Waals surface area contributed by atoms with Crippen LogP contribution in [0.25, 0.3) is 0 Å². The van der Waals surface area contributed by atoms with Crippen LogP contribution in [0, 0.1) is 10.1 Å². The second-order valence-electron chi connectivity index (χ2n) is 4.69. The van der Waals surface area contributed by atoms with Gasteiger partial charge in [-0.1, -0.05) is 0 Å². The molecule has 2 rings (SSSR count). The first-order chi connectivity index (χ1) is 9.06. The standard InChI is InChI=1S/C11H17N5O3/c1-14(9-2-3-9)7-5-12-11(17)8-15-6-4-10(13-15)16(18)19/h4,6,9H,2-3,5,7-8H2,1H3,(H,12,17). The first kappa shape index (κ1) is 13.5. The number of nitrogens with zero attached hydrogens (tertiary/aromatic N) is 4. The zero-order chi connectivity index (χ0) is 13.8. The van der Waals surface area contributed by atoms with Gasteiger partial charge in [-0.15, -0.1) is 0 Å². The Hall–Kier alpha value is -1.96. The summed E-state index contributed by atoms with van der Waals surface area (Å²) in [7, 11) is 2.04. The van der Waals surface area contributed by atoms with E-state index in [1.165, 1.54) is 29.8 Å². The number of amides is 1. The molecule has 1 N–H and O–H groups in total. The number of hydrogen-bond acceptors (Lipinski definition) is 5. The van der Waals surface area contributed by atoms with E-state index in [4.69, 9.17) is 0 Å². The zero-order valence-electron chi connectivity index (χ0n) is 10.8. The quantitative estimate of drug-likeness (QED) is 0.554. The molecule has 0 saturated heterocycles. The minimum absolute atomic E-state index is 0.000975. The fourth-order valence-electron chi connectivity index (χ4n) is 1.81. The van der Waals surface area contributed by atoms with Gasteiger partial charge in [-0.05, 0) is 24.8 Å². The maximum Gasteiger partial charge on any atom is 0.389 e. The average Bonchev–Trinajstić information content (AvgIpc) is 3.10. The number of nitro groups is 1. The molecule has 0 spiro atoms. The highest BCUT2D eigenvalue weighted by Crippen LogP contribution is 2.24. The van der Waals surface area contributed by atoms with Crippen LogP contribution in [-0.2, 0) is 11.3 Å². The van der Waals surface area contributed by atoms with Gasteiger partial charge in [0.25, 0.3) is 0 Å². The van der Waals surface area contributed by atoms with Gasteiger partial charge in [0, 0.05) is 19.1 Å². The maximum absolute atomic E-state index is 11.6. The zero-order valence-corrected chi connectivity index (χ0v) is 10.8. The molecule has 1 aromatic heterocycles. The van der Waals surface area contributed by atoms with Crippen molar-refractivity contribution >= 4 is 11.7 Å². The van der Waals surface area contributed by atoms with Crippen LogP contribution in [0.15, 0.2) is 12.3 Å². The van der Waals surface area contributed by atoms with Crippen LogP contribution < -0.4 is 5.32 Å². The number of likely N-dealkylation sites (N-methyl/N-ethyl adjacent to an activating group) is 1. The van der Waals surface area contributed by atoms with Crippen LogP contribution in [0.4, 0.5) is 5.82 Å². The predicted molar refractivity (Wildman–Crippen MR) is 67.5 cm³/mol. The lowest BCUT2D eigenvalue weighted by Gasteiger charge is -2.15. The third kappa shape index (κ3) is 4.02. The monoisotopic (exact) mass is 267 g/mol. The summed E-state index contributed by atoms with van der Waals surface area (Å²) < 4.78 is 1.26. The van der Waals surface area contributed by atoms with Crippen molar-refractivity contribution in [1.82, 2.24) is 20.0 Å². The number of carbonyl (C=O) groups is 1. The van der Waals surface area contributed by atoms with E-state index < -0.39 is 4.92 Å². The molecule has 8 nitrogen and oxygen atoms in total. The largest absolute Gasteiger partial charge is 0.389 e. The van der Waals surface area contributed by atoms with E-state index in [9.17, 15) is 14.9 Å². The number of aromatic nitrogens is 2.